The molecule has 2 aromatic carbocycles. The summed E-state index contributed by atoms with van der Waals surface area (Å²) in [7, 11) is 1.32. The lowest BCUT2D eigenvalue weighted by molar-refractivity contribution is 0.171. The fourth-order valence-corrected chi connectivity index (χ4v) is 3.10. The number of ether oxygens (including phenoxy) is 2. The highest BCUT2D eigenvalue weighted by molar-refractivity contribution is 6.34. The molecule has 2 aromatic heterocycles. The molecule has 7 heteroatoms. The van der Waals surface area contributed by atoms with Gasteiger partial charge in [0.05, 0.1) is 18.2 Å². The molecule has 0 aliphatic heterocycles. The van der Waals surface area contributed by atoms with Crippen LogP contribution in [0.2, 0.25) is 5.15 Å². The van der Waals surface area contributed by atoms with Crippen LogP contribution in [0.5, 0.6) is 5.75 Å². The minimum Gasteiger partial charge on any atom is -0.487 e. The lowest BCUT2D eigenvalue weighted by Gasteiger charge is -2.09. The number of methoxy groups -OCH3 is 1. The molecule has 0 N–H and O–H groups in total. The van der Waals surface area contributed by atoms with Crippen LogP contribution in [0.1, 0.15) is 5.69 Å². The third-order valence-corrected chi connectivity index (χ3v) is 4.50. The fourth-order valence-electron chi connectivity index (χ4n) is 2.88. The molecule has 4 aromatic rings. The molecule has 6 nitrogen and oxygen atoms in total. The van der Waals surface area contributed by atoms with Gasteiger partial charge in [0.15, 0.2) is 11.5 Å². The monoisotopic (exact) mass is 393 g/mol. The van der Waals surface area contributed by atoms with Gasteiger partial charge in [-0.2, -0.15) is 0 Å². The number of rotatable bonds is 4. The Morgan fingerprint density at radius 1 is 1.04 bits per heavy atom. The summed E-state index contributed by atoms with van der Waals surface area (Å²) in [6.45, 7) is 0.145. The summed E-state index contributed by atoms with van der Waals surface area (Å²) >= 11 is 6.41. The van der Waals surface area contributed by atoms with Gasteiger partial charge in [0.25, 0.3) is 0 Å². The summed E-state index contributed by atoms with van der Waals surface area (Å²) in [5.41, 5.74) is 1.73. The Morgan fingerprint density at radius 2 is 1.71 bits per heavy atom. The summed E-state index contributed by atoms with van der Waals surface area (Å²) < 4.78 is 12.1. The number of fused-ring (bicyclic) bond motifs is 1. The Kier molecular flexibility index (Phi) is 4.95. The van der Waals surface area contributed by atoms with Crippen LogP contribution in [0.4, 0.5) is 4.79 Å². The van der Waals surface area contributed by atoms with E-state index in [2.05, 4.69) is 9.97 Å². The number of benzene rings is 2. The van der Waals surface area contributed by atoms with E-state index in [0.29, 0.717) is 28.3 Å². The first-order chi connectivity index (χ1) is 13.7. The summed E-state index contributed by atoms with van der Waals surface area (Å²) in [6, 6.07) is 20.5. The molecule has 2 heterocycles. The van der Waals surface area contributed by atoms with Crippen LogP contribution in [0.3, 0.4) is 0 Å². The summed E-state index contributed by atoms with van der Waals surface area (Å²) in [5.74, 6) is 1.11. The number of nitrogens with zero attached hydrogens (tertiary/aromatic N) is 3. The predicted octanol–water partition coefficient (Wildman–Crippen LogP) is 4.95. The SMILES string of the molecule is COC(=O)n1c(COc2ccccc2)cc2c(Cl)nc(-c3ccccc3)nc21. The largest absolute Gasteiger partial charge is 0.487 e. The summed E-state index contributed by atoms with van der Waals surface area (Å²) in [4.78, 5) is 21.4. The number of carbonyl (C=O) groups is 1. The molecule has 0 saturated heterocycles. The van der Waals surface area contributed by atoms with E-state index >= 15 is 0 Å². The third kappa shape index (κ3) is 3.42. The molecular weight excluding hydrogens is 378 g/mol. The van der Waals surface area contributed by atoms with Crippen molar-refractivity contribution >= 4 is 28.7 Å². The second-order valence-corrected chi connectivity index (χ2v) is 6.34. The topological polar surface area (TPSA) is 66.2 Å². The number of hydrogen-bond acceptors (Lipinski definition) is 5. The van der Waals surface area contributed by atoms with Crippen LogP contribution in [-0.4, -0.2) is 27.7 Å². The van der Waals surface area contributed by atoms with Crippen molar-refractivity contribution in [3.63, 3.8) is 0 Å². The average molecular weight is 394 g/mol. The van der Waals surface area contributed by atoms with Crippen molar-refractivity contribution in [1.82, 2.24) is 14.5 Å². The van der Waals surface area contributed by atoms with Crippen molar-refractivity contribution in [2.45, 2.75) is 6.61 Å². The van der Waals surface area contributed by atoms with Crippen molar-refractivity contribution in [3.8, 4) is 17.1 Å². The first-order valence-electron chi connectivity index (χ1n) is 8.57. The molecule has 0 radical (unpaired) electrons. The van der Waals surface area contributed by atoms with E-state index in [1.807, 2.05) is 60.7 Å². The standard InChI is InChI=1S/C21H16ClN3O3/c1-27-21(26)25-15(13-28-16-10-6-3-7-11-16)12-17-18(22)23-19(24-20(17)25)14-8-4-2-5-9-14/h2-12H,13H2,1H3. The van der Waals surface area contributed by atoms with Gasteiger partial charge < -0.3 is 9.47 Å². The van der Waals surface area contributed by atoms with Crippen LogP contribution in [0, 0.1) is 0 Å². The Morgan fingerprint density at radius 3 is 2.39 bits per heavy atom. The van der Waals surface area contributed by atoms with Crippen LogP contribution in [-0.2, 0) is 11.3 Å². The molecule has 0 unspecified atom stereocenters. The molecule has 4 rings (SSSR count). The second kappa shape index (κ2) is 7.70. The highest BCUT2D eigenvalue weighted by atomic mass is 35.5. The first kappa shape index (κ1) is 18.0. The molecule has 0 atom stereocenters. The maximum atomic E-state index is 12.5. The van der Waals surface area contributed by atoms with E-state index in [1.165, 1.54) is 11.7 Å². The van der Waals surface area contributed by atoms with Crippen molar-refractivity contribution in [2.75, 3.05) is 7.11 Å². The zero-order valence-corrected chi connectivity index (χ0v) is 15.8. The van der Waals surface area contributed by atoms with Crippen LogP contribution in [0.25, 0.3) is 22.4 Å². The lowest BCUT2D eigenvalue weighted by Crippen LogP contribution is -2.16. The molecule has 0 bridgehead atoms. The number of hydrogen-bond donors (Lipinski definition) is 0. The summed E-state index contributed by atoms with van der Waals surface area (Å²) in [6.07, 6.45) is -0.574. The van der Waals surface area contributed by atoms with Crippen molar-refractivity contribution in [3.05, 3.63) is 77.6 Å². The van der Waals surface area contributed by atoms with Gasteiger partial charge in [-0.05, 0) is 18.2 Å². The highest BCUT2D eigenvalue weighted by Crippen LogP contribution is 2.28. The van der Waals surface area contributed by atoms with Crippen molar-refractivity contribution < 1.29 is 14.3 Å². The molecule has 0 aliphatic rings. The third-order valence-electron chi connectivity index (χ3n) is 4.21. The van der Waals surface area contributed by atoms with Gasteiger partial charge in [-0.25, -0.2) is 19.3 Å². The Hall–Kier alpha value is -3.38. The number of carbonyl (C=O) groups excluding carboxylic acids is 1. The van der Waals surface area contributed by atoms with E-state index in [0.717, 1.165) is 5.56 Å². The van der Waals surface area contributed by atoms with Gasteiger partial charge in [-0.15, -0.1) is 0 Å². The second-order valence-electron chi connectivity index (χ2n) is 5.98. The molecule has 0 spiro atoms. The van der Waals surface area contributed by atoms with E-state index in [9.17, 15) is 4.79 Å². The minimum atomic E-state index is -0.574. The van der Waals surface area contributed by atoms with Gasteiger partial charge in [0.1, 0.15) is 17.5 Å². The quantitative estimate of drug-likeness (QED) is 0.459. The van der Waals surface area contributed by atoms with E-state index in [4.69, 9.17) is 21.1 Å². The van der Waals surface area contributed by atoms with Crippen molar-refractivity contribution in [2.24, 2.45) is 0 Å². The van der Waals surface area contributed by atoms with Crippen molar-refractivity contribution in [1.29, 1.82) is 0 Å². The minimum absolute atomic E-state index is 0.145. The first-order valence-corrected chi connectivity index (χ1v) is 8.94. The van der Waals surface area contributed by atoms with Gasteiger partial charge in [-0.3, -0.25) is 0 Å². The smallest absolute Gasteiger partial charge is 0.419 e. The molecule has 0 aliphatic carbocycles. The molecular formula is C21H16ClN3O3. The molecule has 140 valence electrons. The van der Waals surface area contributed by atoms with Crippen LogP contribution < -0.4 is 4.74 Å². The van der Waals surface area contributed by atoms with Gasteiger partial charge in [0, 0.05) is 5.56 Å². The van der Waals surface area contributed by atoms with E-state index in [-0.39, 0.29) is 11.8 Å². The molecule has 0 fully saturated rings. The Bertz CT molecular complexity index is 1130. The number of halogens is 1. The maximum absolute atomic E-state index is 12.5. The average Bonchev–Trinajstić information content (AvgIpc) is 3.12. The predicted molar refractivity (Wildman–Crippen MR) is 107 cm³/mol. The maximum Gasteiger partial charge on any atom is 0.419 e. The zero-order valence-electron chi connectivity index (χ0n) is 15.0. The normalized spacial score (nSPS) is 10.8. The zero-order chi connectivity index (χ0) is 19.5. The van der Waals surface area contributed by atoms with E-state index < -0.39 is 6.09 Å². The van der Waals surface area contributed by atoms with Gasteiger partial charge >= 0.3 is 6.09 Å². The van der Waals surface area contributed by atoms with Crippen LogP contribution >= 0.6 is 11.6 Å². The van der Waals surface area contributed by atoms with Gasteiger partial charge in [0.2, 0.25) is 0 Å². The molecule has 28 heavy (non-hydrogen) atoms. The summed E-state index contributed by atoms with van der Waals surface area (Å²) in [5, 5.41) is 0.811. The Balaban J connectivity index is 1.81. The Labute approximate surface area is 166 Å². The van der Waals surface area contributed by atoms with Crippen LogP contribution in [0.15, 0.2) is 66.7 Å². The molecule has 0 amide bonds. The molecule has 0 saturated carbocycles. The lowest BCUT2D eigenvalue weighted by atomic mass is 10.2. The highest BCUT2D eigenvalue weighted by Gasteiger charge is 2.21. The number of aromatic nitrogens is 3. The van der Waals surface area contributed by atoms with E-state index in [1.54, 1.807) is 6.07 Å². The fraction of sp³-hybridized carbons (Fsp3) is 0.0952. The van der Waals surface area contributed by atoms with Gasteiger partial charge in [-0.1, -0.05) is 60.1 Å². The number of para-hydroxylation sites is 1.